The van der Waals surface area contributed by atoms with Gasteiger partial charge >= 0.3 is 0 Å². The summed E-state index contributed by atoms with van der Waals surface area (Å²) in [6, 6.07) is 6.29. The Morgan fingerprint density at radius 1 is 1.28 bits per heavy atom. The fraction of sp³-hybridized carbons (Fsp3) is 0.462. The van der Waals surface area contributed by atoms with Gasteiger partial charge in [-0.3, -0.25) is 5.10 Å². The number of para-hydroxylation sites is 1. The standard InChI is InChI=1S/C13H19IN2OSi/c1-13(2,17-18(3,4)5)10-8-6-7-9-11(10)15-16-12(9)14/h6-8H,1-5H3,(H,15,16). The molecule has 1 N–H and O–H groups in total. The molecule has 98 valence electrons. The van der Waals surface area contributed by atoms with Gasteiger partial charge in [-0.05, 0) is 56.1 Å². The first-order valence-electron chi connectivity index (χ1n) is 6.04. The number of benzene rings is 1. The van der Waals surface area contributed by atoms with Crippen LogP contribution in [0.3, 0.4) is 0 Å². The summed E-state index contributed by atoms with van der Waals surface area (Å²) in [5, 5.41) is 8.58. The van der Waals surface area contributed by atoms with Crippen LogP contribution in [0.15, 0.2) is 18.2 Å². The van der Waals surface area contributed by atoms with Gasteiger partial charge in [0.2, 0.25) is 0 Å². The predicted octanol–water partition coefficient (Wildman–Crippen LogP) is 4.25. The number of halogens is 1. The van der Waals surface area contributed by atoms with Gasteiger partial charge in [0.15, 0.2) is 8.32 Å². The first kappa shape index (κ1) is 14.0. The Balaban J connectivity index is 2.53. The van der Waals surface area contributed by atoms with Crippen LogP contribution in [0.5, 0.6) is 0 Å². The van der Waals surface area contributed by atoms with Gasteiger partial charge in [-0.2, -0.15) is 5.10 Å². The van der Waals surface area contributed by atoms with E-state index in [0.717, 1.165) is 9.22 Å². The molecule has 0 spiro atoms. The van der Waals surface area contributed by atoms with Gasteiger partial charge in [0.25, 0.3) is 0 Å². The van der Waals surface area contributed by atoms with Gasteiger partial charge in [-0.15, -0.1) is 0 Å². The number of hydrogen-bond donors (Lipinski definition) is 1. The first-order chi connectivity index (χ1) is 8.21. The van der Waals surface area contributed by atoms with Crippen molar-refractivity contribution < 1.29 is 4.43 Å². The maximum Gasteiger partial charge on any atom is 0.184 e. The van der Waals surface area contributed by atoms with Crippen LogP contribution in [-0.2, 0) is 10.0 Å². The van der Waals surface area contributed by atoms with Crippen LogP contribution in [0.2, 0.25) is 19.6 Å². The van der Waals surface area contributed by atoms with Crippen molar-refractivity contribution in [1.82, 2.24) is 10.2 Å². The van der Waals surface area contributed by atoms with Crippen molar-refractivity contribution >= 4 is 41.8 Å². The number of nitrogens with zero attached hydrogens (tertiary/aromatic N) is 1. The van der Waals surface area contributed by atoms with E-state index in [-0.39, 0.29) is 5.60 Å². The molecule has 0 unspecified atom stereocenters. The third-order valence-electron chi connectivity index (χ3n) is 2.76. The van der Waals surface area contributed by atoms with Crippen molar-refractivity contribution in [2.75, 3.05) is 0 Å². The summed E-state index contributed by atoms with van der Waals surface area (Å²) in [5.74, 6) is 0. The molecule has 1 aromatic heterocycles. The van der Waals surface area contributed by atoms with Crippen molar-refractivity contribution in [3.8, 4) is 0 Å². The number of hydrogen-bond acceptors (Lipinski definition) is 2. The molecular weight excluding hydrogens is 355 g/mol. The maximum atomic E-state index is 6.32. The minimum atomic E-state index is -1.59. The lowest BCUT2D eigenvalue weighted by molar-refractivity contribution is 0.101. The van der Waals surface area contributed by atoms with Crippen molar-refractivity contribution in [2.24, 2.45) is 0 Å². The molecule has 1 heterocycles. The van der Waals surface area contributed by atoms with E-state index in [1.165, 1.54) is 10.9 Å². The molecule has 0 aliphatic carbocycles. The molecule has 2 aromatic rings. The molecule has 0 bridgehead atoms. The molecule has 1 aromatic carbocycles. The Morgan fingerprint density at radius 3 is 2.56 bits per heavy atom. The zero-order valence-electron chi connectivity index (χ0n) is 11.5. The molecule has 0 amide bonds. The highest BCUT2D eigenvalue weighted by atomic mass is 127. The molecule has 0 aliphatic heterocycles. The normalized spacial score (nSPS) is 13.2. The number of nitrogens with one attached hydrogen (secondary N) is 1. The summed E-state index contributed by atoms with van der Waals surface area (Å²) in [6.07, 6.45) is 0. The smallest absolute Gasteiger partial charge is 0.184 e. The summed E-state index contributed by atoms with van der Waals surface area (Å²) in [7, 11) is -1.59. The average Bonchev–Trinajstić information content (AvgIpc) is 2.57. The minimum Gasteiger partial charge on any atom is -0.409 e. The molecule has 3 nitrogen and oxygen atoms in total. The van der Waals surface area contributed by atoms with Crippen LogP contribution in [-0.4, -0.2) is 18.5 Å². The third-order valence-corrected chi connectivity index (χ3v) is 4.71. The second-order valence-corrected chi connectivity index (χ2v) is 11.4. The summed E-state index contributed by atoms with van der Waals surface area (Å²) in [6.45, 7) is 10.9. The summed E-state index contributed by atoms with van der Waals surface area (Å²) in [5.41, 5.74) is 1.97. The minimum absolute atomic E-state index is 0.292. The van der Waals surface area contributed by atoms with Gasteiger partial charge in [-0.25, -0.2) is 0 Å². The number of fused-ring (bicyclic) bond motifs is 1. The van der Waals surface area contributed by atoms with E-state index in [9.17, 15) is 0 Å². The predicted molar refractivity (Wildman–Crippen MR) is 86.3 cm³/mol. The lowest BCUT2D eigenvalue weighted by atomic mass is 9.96. The molecule has 0 fully saturated rings. The quantitative estimate of drug-likeness (QED) is 0.644. The zero-order chi connectivity index (χ0) is 13.6. The van der Waals surface area contributed by atoms with Crippen molar-refractivity contribution in [2.45, 2.75) is 39.1 Å². The second-order valence-electron chi connectivity index (χ2n) is 5.97. The first-order valence-corrected chi connectivity index (χ1v) is 10.5. The molecule has 0 saturated heterocycles. The Kier molecular flexibility index (Phi) is 3.59. The maximum absolute atomic E-state index is 6.32. The summed E-state index contributed by atoms with van der Waals surface area (Å²) < 4.78 is 7.32. The molecule has 18 heavy (non-hydrogen) atoms. The topological polar surface area (TPSA) is 37.9 Å². The Morgan fingerprint density at radius 2 is 1.94 bits per heavy atom. The van der Waals surface area contributed by atoms with E-state index in [0.29, 0.717) is 0 Å². The van der Waals surface area contributed by atoms with E-state index in [2.05, 4.69) is 84.5 Å². The van der Waals surface area contributed by atoms with Crippen LogP contribution in [0.1, 0.15) is 19.4 Å². The number of aromatic nitrogens is 2. The fourth-order valence-corrected chi connectivity index (χ4v) is 4.54. The zero-order valence-corrected chi connectivity index (χ0v) is 14.6. The van der Waals surface area contributed by atoms with E-state index in [1.807, 2.05) is 0 Å². The molecule has 0 saturated carbocycles. The van der Waals surface area contributed by atoms with Crippen LogP contribution in [0.4, 0.5) is 0 Å². The Hall–Kier alpha value is -0.403. The van der Waals surface area contributed by atoms with Crippen LogP contribution < -0.4 is 0 Å². The van der Waals surface area contributed by atoms with Crippen molar-refractivity contribution in [3.05, 3.63) is 27.5 Å². The Bertz CT molecular complexity index is 572. The van der Waals surface area contributed by atoms with Crippen LogP contribution in [0, 0.1) is 3.70 Å². The highest BCUT2D eigenvalue weighted by Gasteiger charge is 2.30. The van der Waals surface area contributed by atoms with E-state index in [4.69, 9.17) is 4.43 Å². The average molecular weight is 374 g/mol. The van der Waals surface area contributed by atoms with Gasteiger partial charge in [0, 0.05) is 10.9 Å². The van der Waals surface area contributed by atoms with E-state index < -0.39 is 8.32 Å². The molecule has 5 heteroatoms. The molecule has 2 rings (SSSR count). The third kappa shape index (κ3) is 2.78. The highest BCUT2D eigenvalue weighted by Crippen LogP contribution is 2.33. The fourth-order valence-electron chi connectivity index (χ4n) is 2.33. The van der Waals surface area contributed by atoms with Crippen molar-refractivity contribution in [1.29, 1.82) is 0 Å². The number of rotatable bonds is 3. The Labute approximate surface area is 123 Å². The van der Waals surface area contributed by atoms with E-state index >= 15 is 0 Å². The molecule has 0 atom stereocenters. The molecule has 0 radical (unpaired) electrons. The molecular formula is C13H19IN2OSi. The van der Waals surface area contributed by atoms with E-state index in [1.54, 1.807) is 0 Å². The monoisotopic (exact) mass is 374 g/mol. The van der Waals surface area contributed by atoms with Crippen LogP contribution in [0.25, 0.3) is 10.9 Å². The van der Waals surface area contributed by atoms with Crippen molar-refractivity contribution in [3.63, 3.8) is 0 Å². The number of aromatic amines is 1. The van der Waals surface area contributed by atoms with Gasteiger partial charge < -0.3 is 4.43 Å². The van der Waals surface area contributed by atoms with Gasteiger partial charge in [0.1, 0.15) is 3.70 Å². The summed E-state index contributed by atoms with van der Waals surface area (Å²) in [4.78, 5) is 0. The largest absolute Gasteiger partial charge is 0.409 e. The SMILES string of the molecule is CC(C)(O[Si](C)(C)C)c1cccc2c(I)n[nH]c12. The van der Waals surface area contributed by atoms with Gasteiger partial charge in [0.05, 0.1) is 11.1 Å². The lowest BCUT2D eigenvalue weighted by Crippen LogP contribution is -2.36. The summed E-state index contributed by atoms with van der Waals surface area (Å²) >= 11 is 2.25. The van der Waals surface area contributed by atoms with Gasteiger partial charge in [-0.1, -0.05) is 18.2 Å². The lowest BCUT2D eigenvalue weighted by Gasteiger charge is -2.33. The van der Waals surface area contributed by atoms with Crippen LogP contribution >= 0.6 is 22.6 Å². The highest BCUT2D eigenvalue weighted by molar-refractivity contribution is 14.1. The number of H-pyrrole nitrogens is 1. The second kappa shape index (κ2) is 4.61. The molecule has 0 aliphatic rings.